The van der Waals surface area contributed by atoms with Crippen molar-refractivity contribution in [1.82, 2.24) is 0 Å². The number of carbonyl (C=O) groups excluding carboxylic acids is 1. The van der Waals surface area contributed by atoms with Crippen LogP contribution < -0.4 is 0 Å². The molecule has 0 N–H and O–H groups in total. The molecule has 1 rings (SSSR count). The highest BCUT2D eigenvalue weighted by Crippen LogP contribution is 2.28. The van der Waals surface area contributed by atoms with Crippen molar-refractivity contribution in [3.8, 4) is 0 Å². The second-order valence-electron chi connectivity index (χ2n) is 4.38. The quantitative estimate of drug-likeness (QED) is 0.601. The summed E-state index contributed by atoms with van der Waals surface area (Å²) in [5, 5.41) is 0. The van der Waals surface area contributed by atoms with Gasteiger partial charge < -0.3 is 4.79 Å². The number of hydrogen-bond acceptors (Lipinski definition) is 2. The van der Waals surface area contributed by atoms with Crippen molar-refractivity contribution in [1.29, 1.82) is 0 Å². The molecule has 0 saturated heterocycles. The monoisotopic (exact) mass is 214 g/mol. The average molecular weight is 214 g/mol. The van der Waals surface area contributed by atoms with Gasteiger partial charge in [0.1, 0.15) is 5.78 Å². The lowest BCUT2D eigenvalue weighted by atomic mass is 10.1. The van der Waals surface area contributed by atoms with E-state index in [1.165, 1.54) is 43.6 Å². The molecule has 0 amide bonds. The molecule has 0 aromatic carbocycles. The Morgan fingerprint density at radius 3 is 2.64 bits per heavy atom. The first-order valence-electron chi connectivity index (χ1n) is 5.86. The van der Waals surface area contributed by atoms with Gasteiger partial charge in [-0.15, -0.1) is 0 Å². The van der Waals surface area contributed by atoms with Crippen LogP contribution in [0.1, 0.15) is 51.9 Å². The van der Waals surface area contributed by atoms with E-state index in [2.05, 4.69) is 11.8 Å². The molecule has 14 heavy (non-hydrogen) atoms. The molecule has 0 unspecified atom stereocenters. The molecule has 82 valence electrons. The van der Waals surface area contributed by atoms with E-state index in [9.17, 15) is 4.79 Å². The minimum absolute atomic E-state index is 0.339. The van der Waals surface area contributed by atoms with E-state index < -0.39 is 0 Å². The predicted molar refractivity (Wildman–Crippen MR) is 63.8 cm³/mol. The minimum atomic E-state index is 0.339. The molecule has 1 saturated carbocycles. The van der Waals surface area contributed by atoms with Gasteiger partial charge in [0.15, 0.2) is 0 Å². The SMILES string of the molecule is CC(=O)CCCCSCC1CCCC1. The molecule has 0 atom stereocenters. The third-order valence-electron chi connectivity index (χ3n) is 2.90. The van der Waals surface area contributed by atoms with Crippen molar-refractivity contribution in [3.05, 3.63) is 0 Å². The van der Waals surface area contributed by atoms with Gasteiger partial charge in [-0.1, -0.05) is 12.8 Å². The number of carbonyl (C=O) groups is 1. The number of hydrogen-bond donors (Lipinski definition) is 0. The largest absolute Gasteiger partial charge is 0.300 e. The Bertz CT molecular complexity index is 162. The maximum absolute atomic E-state index is 10.7. The fourth-order valence-electron chi connectivity index (χ4n) is 2.01. The van der Waals surface area contributed by atoms with E-state index in [0.29, 0.717) is 5.78 Å². The summed E-state index contributed by atoms with van der Waals surface area (Å²) >= 11 is 2.09. The summed E-state index contributed by atoms with van der Waals surface area (Å²) in [7, 11) is 0. The Kier molecular flexibility index (Phi) is 6.33. The molecule has 1 nitrogen and oxygen atoms in total. The fraction of sp³-hybridized carbons (Fsp3) is 0.917. The normalized spacial score (nSPS) is 17.5. The highest BCUT2D eigenvalue weighted by Gasteiger charge is 2.14. The van der Waals surface area contributed by atoms with E-state index in [-0.39, 0.29) is 0 Å². The Morgan fingerprint density at radius 2 is 2.00 bits per heavy atom. The van der Waals surface area contributed by atoms with Gasteiger partial charge >= 0.3 is 0 Å². The summed E-state index contributed by atoms with van der Waals surface area (Å²) in [5.74, 6) is 3.96. The van der Waals surface area contributed by atoms with Crippen molar-refractivity contribution >= 4 is 17.5 Å². The zero-order chi connectivity index (χ0) is 10.2. The molecule has 0 heterocycles. The van der Waals surface area contributed by atoms with E-state index >= 15 is 0 Å². The van der Waals surface area contributed by atoms with Crippen LogP contribution in [-0.4, -0.2) is 17.3 Å². The highest BCUT2D eigenvalue weighted by atomic mass is 32.2. The molecule has 1 aliphatic rings. The molecule has 1 aliphatic carbocycles. The summed E-state index contributed by atoms with van der Waals surface area (Å²) in [6.07, 6.45) is 8.92. The highest BCUT2D eigenvalue weighted by molar-refractivity contribution is 7.99. The van der Waals surface area contributed by atoms with Crippen LogP contribution >= 0.6 is 11.8 Å². The van der Waals surface area contributed by atoms with E-state index in [0.717, 1.165) is 18.8 Å². The van der Waals surface area contributed by atoms with Gasteiger partial charge in [-0.05, 0) is 50.0 Å². The summed E-state index contributed by atoms with van der Waals surface area (Å²) in [4.78, 5) is 10.7. The van der Waals surface area contributed by atoms with Gasteiger partial charge in [-0.25, -0.2) is 0 Å². The number of Topliss-reactive ketones (excluding diaryl/α,β-unsaturated/α-hetero) is 1. The lowest BCUT2D eigenvalue weighted by Gasteiger charge is -2.07. The molecule has 0 bridgehead atoms. The summed E-state index contributed by atoms with van der Waals surface area (Å²) in [5.41, 5.74) is 0. The van der Waals surface area contributed by atoms with Crippen LogP contribution in [0.3, 0.4) is 0 Å². The number of thioether (sulfide) groups is 1. The molecule has 0 radical (unpaired) electrons. The second-order valence-corrected chi connectivity index (χ2v) is 5.53. The van der Waals surface area contributed by atoms with Crippen LogP contribution in [0.4, 0.5) is 0 Å². The van der Waals surface area contributed by atoms with Gasteiger partial charge in [0.2, 0.25) is 0 Å². The van der Waals surface area contributed by atoms with Crippen molar-refractivity contribution < 1.29 is 4.79 Å². The van der Waals surface area contributed by atoms with E-state index in [1.807, 2.05) is 0 Å². The van der Waals surface area contributed by atoms with Crippen LogP contribution in [0.5, 0.6) is 0 Å². The van der Waals surface area contributed by atoms with Crippen LogP contribution in [-0.2, 0) is 4.79 Å². The van der Waals surface area contributed by atoms with Gasteiger partial charge in [-0.2, -0.15) is 11.8 Å². The van der Waals surface area contributed by atoms with Gasteiger partial charge in [0.05, 0.1) is 0 Å². The summed E-state index contributed by atoms with van der Waals surface area (Å²) in [6.45, 7) is 1.69. The third kappa shape index (κ3) is 5.69. The molecular weight excluding hydrogens is 192 g/mol. The van der Waals surface area contributed by atoms with Crippen LogP contribution in [0.15, 0.2) is 0 Å². The first-order valence-corrected chi connectivity index (χ1v) is 7.01. The van der Waals surface area contributed by atoms with Crippen LogP contribution in [0.25, 0.3) is 0 Å². The lowest BCUT2D eigenvalue weighted by molar-refractivity contribution is -0.117. The van der Waals surface area contributed by atoms with Crippen molar-refractivity contribution in [2.75, 3.05) is 11.5 Å². The summed E-state index contributed by atoms with van der Waals surface area (Å²) in [6, 6.07) is 0. The lowest BCUT2D eigenvalue weighted by Crippen LogP contribution is -1.98. The second kappa shape index (κ2) is 7.33. The molecule has 0 aromatic heterocycles. The maximum atomic E-state index is 10.7. The first-order chi connectivity index (χ1) is 6.79. The molecule has 2 heteroatoms. The van der Waals surface area contributed by atoms with Gasteiger partial charge in [0, 0.05) is 6.42 Å². The van der Waals surface area contributed by atoms with Gasteiger partial charge in [0.25, 0.3) is 0 Å². The van der Waals surface area contributed by atoms with Crippen LogP contribution in [0.2, 0.25) is 0 Å². The Morgan fingerprint density at radius 1 is 1.29 bits per heavy atom. The standard InChI is InChI=1S/C12H22OS/c1-11(13)6-4-5-9-14-10-12-7-2-3-8-12/h12H,2-10H2,1H3. The smallest absolute Gasteiger partial charge is 0.129 e. The minimum Gasteiger partial charge on any atom is -0.300 e. The number of rotatable bonds is 7. The average Bonchev–Trinajstić information content (AvgIpc) is 2.63. The number of ketones is 1. The Balaban J connectivity index is 1.82. The number of unbranched alkanes of at least 4 members (excludes halogenated alkanes) is 1. The maximum Gasteiger partial charge on any atom is 0.129 e. The van der Waals surface area contributed by atoms with E-state index in [4.69, 9.17) is 0 Å². The molecule has 1 fully saturated rings. The fourth-order valence-corrected chi connectivity index (χ4v) is 3.25. The predicted octanol–water partition coefficient (Wildman–Crippen LogP) is 3.67. The third-order valence-corrected chi connectivity index (χ3v) is 4.18. The molecule has 0 aromatic rings. The van der Waals surface area contributed by atoms with Crippen molar-refractivity contribution in [3.63, 3.8) is 0 Å². The molecule has 0 spiro atoms. The first kappa shape index (κ1) is 12.1. The van der Waals surface area contributed by atoms with E-state index in [1.54, 1.807) is 6.92 Å². The zero-order valence-corrected chi connectivity index (χ0v) is 10.1. The zero-order valence-electron chi connectivity index (χ0n) is 9.26. The van der Waals surface area contributed by atoms with Crippen molar-refractivity contribution in [2.24, 2.45) is 5.92 Å². The summed E-state index contributed by atoms with van der Waals surface area (Å²) < 4.78 is 0. The van der Waals surface area contributed by atoms with Crippen molar-refractivity contribution in [2.45, 2.75) is 51.9 Å². The van der Waals surface area contributed by atoms with Crippen LogP contribution in [0, 0.1) is 5.92 Å². The topological polar surface area (TPSA) is 17.1 Å². The van der Waals surface area contributed by atoms with Gasteiger partial charge in [-0.3, -0.25) is 0 Å². The molecular formula is C12H22OS. The Hall–Kier alpha value is 0.0200. The Labute approximate surface area is 92.0 Å². The molecule has 0 aliphatic heterocycles.